The van der Waals surface area contributed by atoms with Crippen molar-refractivity contribution >= 4 is 11.8 Å². The van der Waals surface area contributed by atoms with E-state index in [2.05, 4.69) is 24.5 Å². The van der Waals surface area contributed by atoms with Gasteiger partial charge in [-0.15, -0.1) is 0 Å². The molecule has 120 valence electrons. The maximum absolute atomic E-state index is 12.0. The fourth-order valence-corrected chi connectivity index (χ4v) is 2.82. The summed E-state index contributed by atoms with van der Waals surface area (Å²) in [5, 5.41) is 5.60. The van der Waals surface area contributed by atoms with E-state index >= 15 is 0 Å². The zero-order chi connectivity index (χ0) is 16.4. The van der Waals surface area contributed by atoms with Crippen molar-refractivity contribution in [2.45, 2.75) is 38.8 Å². The lowest BCUT2D eigenvalue weighted by atomic mass is 9.56. The molecule has 1 aromatic carbocycles. The fraction of sp³-hybridized carbons (Fsp3) is 0.529. The lowest BCUT2D eigenvalue weighted by molar-refractivity contribution is -0.182. The Morgan fingerprint density at radius 3 is 2.41 bits per heavy atom. The monoisotopic (exact) mass is 304 g/mol. The van der Waals surface area contributed by atoms with Gasteiger partial charge in [0.25, 0.3) is 5.91 Å². The Labute approximate surface area is 131 Å². The lowest BCUT2D eigenvalue weighted by Gasteiger charge is -2.59. The zero-order valence-electron chi connectivity index (χ0n) is 13.6. The normalized spacial score (nSPS) is 25.9. The van der Waals surface area contributed by atoms with E-state index in [9.17, 15) is 9.59 Å². The molecule has 22 heavy (non-hydrogen) atoms. The molecule has 1 aliphatic rings. The number of nitrogens with one attached hydrogen (secondary N) is 2. The first-order chi connectivity index (χ1) is 10.3. The highest BCUT2D eigenvalue weighted by molar-refractivity contribution is 5.96. The second-order valence-corrected chi connectivity index (χ2v) is 6.53. The van der Waals surface area contributed by atoms with Gasteiger partial charge in [-0.25, -0.2) is 0 Å². The molecule has 0 radical (unpaired) electrons. The number of benzene rings is 1. The average Bonchev–Trinajstić information content (AvgIpc) is 2.52. The van der Waals surface area contributed by atoms with Crippen LogP contribution in [0.5, 0.6) is 0 Å². The number of methoxy groups -OCH3 is 1. The average molecular weight is 304 g/mol. The summed E-state index contributed by atoms with van der Waals surface area (Å²) in [5.41, 5.74) is 0.185. The van der Waals surface area contributed by atoms with Crippen LogP contribution < -0.4 is 10.6 Å². The van der Waals surface area contributed by atoms with E-state index in [4.69, 9.17) is 4.74 Å². The summed E-state index contributed by atoms with van der Waals surface area (Å²) in [6.45, 7) is 6.18. The van der Waals surface area contributed by atoms with E-state index in [1.54, 1.807) is 31.4 Å². The molecule has 2 atom stereocenters. The highest BCUT2D eigenvalue weighted by Crippen LogP contribution is 2.51. The molecule has 1 saturated carbocycles. The van der Waals surface area contributed by atoms with Gasteiger partial charge in [0.1, 0.15) is 0 Å². The van der Waals surface area contributed by atoms with Crippen molar-refractivity contribution < 1.29 is 14.3 Å². The molecule has 0 spiro atoms. The molecule has 0 aliphatic heterocycles. The highest BCUT2D eigenvalue weighted by atomic mass is 16.5. The molecule has 0 bridgehead atoms. The Balaban J connectivity index is 1.81. The van der Waals surface area contributed by atoms with Gasteiger partial charge in [0.15, 0.2) is 0 Å². The molecule has 2 amide bonds. The Kier molecular flexibility index (Phi) is 4.56. The van der Waals surface area contributed by atoms with Crippen molar-refractivity contribution in [1.82, 2.24) is 10.6 Å². The van der Waals surface area contributed by atoms with Crippen LogP contribution in [-0.4, -0.2) is 37.1 Å². The summed E-state index contributed by atoms with van der Waals surface area (Å²) < 4.78 is 5.54. The van der Waals surface area contributed by atoms with Crippen LogP contribution in [0, 0.1) is 5.41 Å². The van der Waals surface area contributed by atoms with Gasteiger partial charge in [-0.1, -0.05) is 32.0 Å². The number of carbonyl (C=O) groups is 2. The number of ether oxygens (including phenoxy) is 1. The van der Waals surface area contributed by atoms with Crippen LogP contribution in [0.25, 0.3) is 0 Å². The molecule has 5 heteroatoms. The first kappa shape index (κ1) is 16.5. The molecule has 5 nitrogen and oxygen atoms in total. The minimum absolute atomic E-state index is 0.0238. The van der Waals surface area contributed by atoms with Crippen molar-refractivity contribution in [3.05, 3.63) is 35.9 Å². The third kappa shape index (κ3) is 2.99. The maximum Gasteiger partial charge on any atom is 0.251 e. The summed E-state index contributed by atoms with van der Waals surface area (Å²) in [4.78, 5) is 23.9. The standard InChI is InChI=1S/C17H24N2O3/c1-16(2)13(10-17(16,3)22-4)19-14(20)11-18-15(21)12-8-6-5-7-9-12/h5-9,13H,10-11H2,1-4H3,(H,18,21)(H,19,20)/t13-,17+/m1/s1. The predicted molar refractivity (Wildman–Crippen MR) is 84.5 cm³/mol. The second kappa shape index (κ2) is 6.08. The molecule has 0 heterocycles. The van der Waals surface area contributed by atoms with Crippen LogP contribution >= 0.6 is 0 Å². The summed E-state index contributed by atoms with van der Waals surface area (Å²) in [7, 11) is 1.69. The molecule has 1 aliphatic carbocycles. The minimum Gasteiger partial charge on any atom is -0.378 e. The largest absolute Gasteiger partial charge is 0.378 e. The third-order valence-corrected chi connectivity index (χ3v) is 5.06. The van der Waals surface area contributed by atoms with Crippen molar-refractivity contribution in [3.8, 4) is 0 Å². The van der Waals surface area contributed by atoms with Crippen LogP contribution in [0.15, 0.2) is 30.3 Å². The molecular weight excluding hydrogens is 280 g/mol. The molecule has 1 aromatic rings. The van der Waals surface area contributed by atoms with Crippen molar-refractivity contribution in [3.63, 3.8) is 0 Å². The molecule has 0 unspecified atom stereocenters. The Hall–Kier alpha value is -1.88. The van der Waals surface area contributed by atoms with Gasteiger partial charge in [-0.05, 0) is 25.5 Å². The van der Waals surface area contributed by atoms with Gasteiger partial charge in [0.05, 0.1) is 12.1 Å². The van der Waals surface area contributed by atoms with Crippen LogP contribution in [-0.2, 0) is 9.53 Å². The Morgan fingerprint density at radius 1 is 1.23 bits per heavy atom. The highest BCUT2D eigenvalue weighted by Gasteiger charge is 2.58. The topological polar surface area (TPSA) is 67.4 Å². The Morgan fingerprint density at radius 2 is 1.86 bits per heavy atom. The number of carbonyl (C=O) groups excluding carboxylic acids is 2. The van der Waals surface area contributed by atoms with E-state index in [0.29, 0.717) is 5.56 Å². The minimum atomic E-state index is -0.245. The summed E-state index contributed by atoms with van der Waals surface area (Å²) in [6.07, 6.45) is 0.773. The predicted octanol–water partition coefficient (Wildman–Crippen LogP) is 1.74. The van der Waals surface area contributed by atoms with Gasteiger partial charge in [0, 0.05) is 24.1 Å². The number of hydrogen-bond acceptors (Lipinski definition) is 3. The zero-order valence-corrected chi connectivity index (χ0v) is 13.6. The van der Waals surface area contributed by atoms with Crippen LogP contribution in [0.1, 0.15) is 37.6 Å². The fourth-order valence-electron chi connectivity index (χ4n) is 2.82. The molecule has 2 N–H and O–H groups in total. The summed E-state index contributed by atoms with van der Waals surface area (Å²) in [5.74, 6) is -0.425. The van der Waals surface area contributed by atoms with E-state index in [0.717, 1.165) is 6.42 Å². The van der Waals surface area contributed by atoms with Gasteiger partial charge < -0.3 is 15.4 Å². The van der Waals surface area contributed by atoms with Gasteiger partial charge in [-0.2, -0.15) is 0 Å². The maximum atomic E-state index is 12.0. The van der Waals surface area contributed by atoms with E-state index in [1.807, 2.05) is 13.0 Å². The third-order valence-electron chi connectivity index (χ3n) is 5.06. The van der Waals surface area contributed by atoms with Crippen molar-refractivity contribution in [2.24, 2.45) is 5.41 Å². The molecular formula is C17H24N2O3. The van der Waals surface area contributed by atoms with Gasteiger partial charge in [0.2, 0.25) is 5.91 Å². The van der Waals surface area contributed by atoms with E-state index in [1.165, 1.54) is 0 Å². The number of hydrogen-bond donors (Lipinski definition) is 2. The summed E-state index contributed by atoms with van der Waals surface area (Å²) in [6, 6.07) is 8.90. The quantitative estimate of drug-likeness (QED) is 0.870. The number of amides is 2. The van der Waals surface area contributed by atoms with E-state index < -0.39 is 0 Å². The molecule has 0 aromatic heterocycles. The van der Waals surface area contributed by atoms with Gasteiger partial charge >= 0.3 is 0 Å². The Bertz CT molecular complexity index is 556. The first-order valence-electron chi connectivity index (χ1n) is 7.48. The second-order valence-electron chi connectivity index (χ2n) is 6.53. The van der Waals surface area contributed by atoms with Crippen molar-refractivity contribution in [2.75, 3.05) is 13.7 Å². The molecule has 0 saturated heterocycles. The van der Waals surface area contributed by atoms with Crippen molar-refractivity contribution in [1.29, 1.82) is 0 Å². The summed E-state index contributed by atoms with van der Waals surface area (Å²) >= 11 is 0. The molecule has 2 rings (SSSR count). The SMILES string of the molecule is CO[C@@]1(C)C[C@@H](NC(=O)CNC(=O)c2ccccc2)C1(C)C. The number of rotatable bonds is 5. The first-order valence-corrected chi connectivity index (χ1v) is 7.48. The van der Waals surface area contributed by atoms with Crippen LogP contribution in [0.4, 0.5) is 0 Å². The molecule has 1 fully saturated rings. The smallest absolute Gasteiger partial charge is 0.251 e. The van der Waals surface area contributed by atoms with Gasteiger partial charge in [-0.3, -0.25) is 9.59 Å². The van der Waals surface area contributed by atoms with Crippen LogP contribution in [0.3, 0.4) is 0 Å². The van der Waals surface area contributed by atoms with E-state index in [-0.39, 0.29) is 35.4 Å². The van der Waals surface area contributed by atoms with Crippen LogP contribution in [0.2, 0.25) is 0 Å². The lowest BCUT2D eigenvalue weighted by Crippen LogP contribution is -2.69.